The fraction of sp³-hybridized carbons (Fsp3) is 0.929. The van der Waals surface area contributed by atoms with Crippen LogP contribution in [-0.2, 0) is 0 Å². The van der Waals surface area contributed by atoms with Gasteiger partial charge in [-0.3, -0.25) is 0 Å². The number of nitrogens with one attached hydrogen (secondary N) is 1. The summed E-state index contributed by atoms with van der Waals surface area (Å²) in [4.78, 5) is 2.32. The Bertz CT molecular complexity index is 253. The molecule has 0 aromatic heterocycles. The largest absolute Gasteiger partial charge is 0.360 e. The highest BCUT2D eigenvalue weighted by atomic mass is 32.1. The summed E-state index contributed by atoms with van der Waals surface area (Å²) in [5, 5.41) is 4.53. The van der Waals surface area contributed by atoms with Crippen molar-refractivity contribution >= 4 is 17.3 Å². The molecule has 2 rings (SSSR count). The van der Waals surface area contributed by atoms with Gasteiger partial charge in [0.05, 0.1) is 0 Å². The SMILES string of the molecule is CC1CCC(N(C)C(=S)NC2CCCC2)CC1. The van der Waals surface area contributed by atoms with E-state index in [1.165, 1.54) is 51.4 Å². The maximum absolute atomic E-state index is 5.54. The summed E-state index contributed by atoms with van der Waals surface area (Å²) in [6, 6.07) is 1.32. The lowest BCUT2D eigenvalue weighted by atomic mass is 9.87. The zero-order valence-electron chi connectivity index (χ0n) is 11.2. The number of rotatable bonds is 2. The van der Waals surface area contributed by atoms with E-state index in [-0.39, 0.29) is 0 Å². The van der Waals surface area contributed by atoms with Gasteiger partial charge in [0, 0.05) is 19.1 Å². The molecule has 2 aliphatic rings. The van der Waals surface area contributed by atoms with Crippen LogP contribution in [-0.4, -0.2) is 29.1 Å². The first-order valence-electron chi connectivity index (χ1n) is 7.20. The molecule has 0 radical (unpaired) electrons. The Morgan fingerprint density at radius 1 is 1.06 bits per heavy atom. The topological polar surface area (TPSA) is 15.3 Å². The van der Waals surface area contributed by atoms with Crippen LogP contribution in [0.5, 0.6) is 0 Å². The summed E-state index contributed by atoms with van der Waals surface area (Å²) >= 11 is 5.54. The Hall–Kier alpha value is -0.310. The average molecular weight is 254 g/mol. The second-order valence-electron chi connectivity index (χ2n) is 5.96. The molecule has 0 aromatic carbocycles. The molecule has 17 heavy (non-hydrogen) atoms. The van der Waals surface area contributed by atoms with Gasteiger partial charge in [0.25, 0.3) is 0 Å². The smallest absolute Gasteiger partial charge is 0.169 e. The van der Waals surface area contributed by atoms with Crippen molar-refractivity contribution in [2.75, 3.05) is 7.05 Å². The summed E-state index contributed by atoms with van der Waals surface area (Å²) < 4.78 is 0. The van der Waals surface area contributed by atoms with Crippen LogP contribution >= 0.6 is 12.2 Å². The van der Waals surface area contributed by atoms with Gasteiger partial charge in [-0.2, -0.15) is 0 Å². The van der Waals surface area contributed by atoms with Crippen LogP contribution in [0.1, 0.15) is 58.3 Å². The van der Waals surface area contributed by atoms with Crippen LogP contribution in [0, 0.1) is 5.92 Å². The maximum atomic E-state index is 5.54. The summed E-state index contributed by atoms with van der Waals surface area (Å²) in [7, 11) is 2.17. The number of hydrogen-bond acceptors (Lipinski definition) is 1. The van der Waals surface area contributed by atoms with E-state index in [9.17, 15) is 0 Å². The molecule has 0 saturated heterocycles. The van der Waals surface area contributed by atoms with E-state index in [1.54, 1.807) is 0 Å². The molecule has 2 nitrogen and oxygen atoms in total. The van der Waals surface area contributed by atoms with Gasteiger partial charge in [0.1, 0.15) is 0 Å². The van der Waals surface area contributed by atoms with Crippen LogP contribution in [0.2, 0.25) is 0 Å². The quantitative estimate of drug-likeness (QED) is 0.761. The van der Waals surface area contributed by atoms with Crippen LogP contribution in [0.3, 0.4) is 0 Å². The minimum absolute atomic E-state index is 0.646. The zero-order valence-corrected chi connectivity index (χ0v) is 12.1. The third-order valence-electron chi connectivity index (χ3n) is 4.54. The lowest BCUT2D eigenvalue weighted by Crippen LogP contribution is -2.47. The Balaban J connectivity index is 1.77. The van der Waals surface area contributed by atoms with Gasteiger partial charge in [-0.25, -0.2) is 0 Å². The molecule has 3 heteroatoms. The van der Waals surface area contributed by atoms with Gasteiger partial charge in [-0.1, -0.05) is 19.8 Å². The van der Waals surface area contributed by atoms with Crippen molar-refractivity contribution in [2.24, 2.45) is 5.92 Å². The first-order valence-corrected chi connectivity index (χ1v) is 7.61. The molecule has 0 atom stereocenters. The van der Waals surface area contributed by atoms with Gasteiger partial charge < -0.3 is 10.2 Å². The van der Waals surface area contributed by atoms with E-state index in [2.05, 4.69) is 24.2 Å². The Kier molecular flexibility index (Phi) is 4.66. The molecular weight excluding hydrogens is 228 g/mol. The zero-order chi connectivity index (χ0) is 12.3. The molecule has 0 heterocycles. The minimum Gasteiger partial charge on any atom is -0.360 e. The molecule has 0 amide bonds. The predicted octanol–water partition coefficient (Wildman–Crippen LogP) is 3.31. The van der Waals surface area contributed by atoms with E-state index in [0.717, 1.165) is 11.0 Å². The molecule has 98 valence electrons. The summed E-state index contributed by atoms with van der Waals surface area (Å²) in [6.45, 7) is 2.37. The highest BCUT2D eigenvalue weighted by molar-refractivity contribution is 7.80. The molecule has 0 bridgehead atoms. The van der Waals surface area contributed by atoms with Gasteiger partial charge in [-0.05, 0) is 56.7 Å². The second-order valence-corrected chi connectivity index (χ2v) is 6.34. The fourth-order valence-corrected chi connectivity index (χ4v) is 3.46. The molecule has 2 saturated carbocycles. The highest BCUT2D eigenvalue weighted by Crippen LogP contribution is 2.26. The van der Waals surface area contributed by atoms with Crippen LogP contribution in [0.25, 0.3) is 0 Å². The van der Waals surface area contributed by atoms with Gasteiger partial charge in [0.2, 0.25) is 0 Å². The molecule has 0 aliphatic heterocycles. The maximum Gasteiger partial charge on any atom is 0.169 e. The Labute approximate surface area is 111 Å². The summed E-state index contributed by atoms with van der Waals surface area (Å²) in [5.74, 6) is 0.913. The van der Waals surface area contributed by atoms with E-state index >= 15 is 0 Å². The Morgan fingerprint density at radius 2 is 1.65 bits per heavy atom. The van der Waals surface area contributed by atoms with Crippen molar-refractivity contribution in [3.05, 3.63) is 0 Å². The van der Waals surface area contributed by atoms with E-state index in [4.69, 9.17) is 12.2 Å². The van der Waals surface area contributed by atoms with Crippen molar-refractivity contribution in [1.29, 1.82) is 0 Å². The minimum atomic E-state index is 0.646. The van der Waals surface area contributed by atoms with Crippen LogP contribution in [0.15, 0.2) is 0 Å². The van der Waals surface area contributed by atoms with Gasteiger partial charge in [-0.15, -0.1) is 0 Å². The lowest BCUT2D eigenvalue weighted by Gasteiger charge is -2.36. The molecule has 0 aromatic rings. The molecule has 2 aliphatic carbocycles. The van der Waals surface area contributed by atoms with Crippen LogP contribution < -0.4 is 5.32 Å². The number of thiocarbonyl (C=S) groups is 1. The second kappa shape index (κ2) is 6.03. The van der Waals surface area contributed by atoms with Gasteiger partial charge >= 0.3 is 0 Å². The first kappa shape index (κ1) is 13.1. The monoisotopic (exact) mass is 254 g/mol. The number of nitrogens with zero attached hydrogens (tertiary/aromatic N) is 1. The average Bonchev–Trinajstić information content (AvgIpc) is 2.82. The fourth-order valence-electron chi connectivity index (χ4n) is 3.14. The van der Waals surface area contributed by atoms with Crippen molar-refractivity contribution < 1.29 is 0 Å². The predicted molar refractivity (Wildman–Crippen MR) is 77.2 cm³/mol. The van der Waals surface area contributed by atoms with Gasteiger partial charge in [0.15, 0.2) is 5.11 Å². The third-order valence-corrected chi connectivity index (χ3v) is 4.94. The molecule has 1 N–H and O–H groups in total. The number of hydrogen-bond donors (Lipinski definition) is 1. The highest BCUT2D eigenvalue weighted by Gasteiger charge is 2.24. The van der Waals surface area contributed by atoms with E-state index in [1.807, 2.05) is 0 Å². The standard InChI is InChI=1S/C14H26N2S/c1-11-7-9-13(10-8-11)16(2)14(17)15-12-5-3-4-6-12/h11-13H,3-10H2,1-2H3,(H,15,17). The van der Waals surface area contributed by atoms with E-state index < -0.39 is 0 Å². The van der Waals surface area contributed by atoms with Crippen LogP contribution in [0.4, 0.5) is 0 Å². The molecule has 2 fully saturated rings. The third kappa shape index (κ3) is 3.57. The molecule has 0 unspecified atom stereocenters. The summed E-state index contributed by atoms with van der Waals surface area (Å²) in [6.07, 6.45) is 10.7. The normalized spacial score (nSPS) is 30.2. The molecular formula is C14H26N2S. The van der Waals surface area contributed by atoms with Crippen molar-refractivity contribution in [3.63, 3.8) is 0 Å². The van der Waals surface area contributed by atoms with Crippen molar-refractivity contribution in [2.45, 2.75) is 70.4 Å². The van der Waals surface area contributed by atoms with Crippen molar-refractivity contribution in [3.8, 4) is 0 Å². The first-order chi connectivity index (χ1) is 8.16. The van der Waals surface area contributed by atoms with E-state index in [0.29, 0.717) is 12.1 Å². The van der Waals surface area contributed by atoms with Crippen molar-refractivity contribution in [1.82, 2.24) is 10.2 Å². The summed E-state index contributed by atoms with van der Waals surface area (Å²) in [5.41, 5.74) is 0. The molecule has 0 spiro atoms. The Morgan fingerprint density at radius 3 is 2.24 bits per heavy atom. The lowest BCUT2D eigenvalue weighted by molar-refractivity contribution is 0.236.